The molecule has 1 amide bonds. The molecule has 2 aromatic carbocycles. The Morgan fingerprint density at radius 1 is 1.00 bits per heavy atom. The number of furan rings is 1. The molecule has 6 nitrogen and oxygen atoms in total. The normalized spacial score (nSPS) is 11.2. The second-order valence-electron chi connectivity index (χ2n) is 6.67. The predicted molar refractivity (Wildman–Crippen MR) is 116 cm³/mol. The largest absolute Gasteiger partial charge is 0.459 e. The Morgan fingerprint density at radius 3 is 2.52 bits per heavy atom. The summed E-state index contributed by atoms with van der Waals surface area (Å²) >= 11 is 0. The number of hydrogen-bond acceptors (Lipinski definition) is 3. The number of hydrogen-bond donors (Lipinski definition) is 3. The molecule has 3 aromatic rings. The summed E-state index contributed by atoms with van der Waals surface area (Å²) in [5.41, 5.74) is 4.21. The fraction of sp³-hybridized carbons (Fsp3) is 0.217. The molecule has 0 atom stereocenters. The first-order chi connectivity index (χ1) is 14.1. The van der Waals surface area contributed by atoms with Crippen LogP contribution in [0.2, 0.25) is 0 Å². The van der Waals surface area contributed by atoms with Crippen LogP contribution in [0.15, 0.2) is 76.3 Å². The van der Waals surface area contributed by atoms with Gasteiger partial charge in [0.1, 0.15) is 0 Å². The van der Waals surface area contributed by atoms with E-state index in [4.69, 9.17) is 4.42 Å². The molecule has 0 fully saturated rings. The van der Waals surface area contributed by atoms with Crippen LogP contribution in [0.25, 0.3) is 0 Å². The minimum absolute atomic E-state index is 0.265. The van der Waals surface area contributed by atoms with Gasteiger partial charge in [-0.3, -0.25) is 4.79 Å². The second-order valence-corrected chi connectivity index (χ2v) is 6.67. The molecule has 0 aliphatic rings. The first-order valence-electron chi connectivity index (χ1n) is 9.65. The minimum atomic E-state index is -0.265. The number of aryl methyl sites for hydroxylation is 1. The zero-order valence-corrected chi connectivity index (χ0v) is 16.7. The Labute approximate surface area is 171 Å². The number of amides is 1. The molecule has 0 saturated heterocycles. The monoisotopic (exact) mass is 390 g/mol. The maximum absolute atomic E-state index is 12.0. The molecule has 0 bridgehead atoms. The maximum Gasteiger partial charge on any atom is 0.291 e. The highest BCUT2D eigenvalue weighted by Gasteiger charge is 2.08. The summed E-state index contributed by atoms with van der Waals surface area (Å²) in [4.78, 5) is 16.7. The van der Waals surface area contributed by atoms with Gasteiger partial charge in [-0.15, -0.1) is 0 Å². The number of carbonyl (C=O) groups excluding carboxylic acids is 1. The van der Waals surface area contributed by atoms with Crippen molar-refractivity contribution in [3.8, 4) is 0 Å². The van der Waals surface area contributed by atoms with Crippen LogP contribution in [0, 0.1) is 6.92 Å². The highest BCUT2D eigenvalue weighted by Crippen LogP contribution is 2.12. The summed E-state index contributed by atoms with van der Waals surface area (Å²) in [6.45, 7) is 6.16. The Kier molecular flexibility index (Phi) is 7.05. The molecule has 0 unspecified atom stereocenters. The molecule has 1 heterocycles. The third kappa shape index (κ3) is 6.24. The van der Waals surface area contributed by atoms with Gasteiger partial charge >= 0.3 is 0 Å². The first-order valence-corrected chi connectivity index (χ1v) is 9.65. The van der Waals surface area contributed by atoms with Gasteiger partial charge in [0.15, 0.2) is 11.7 Å². The molecular formula is C23H26N4O2. The van der Waals surface area contributed by atoms with Gasteiger partial charge in [0, 0.05) is 18.8 Å². The molecule has 1 aromatic heterocycles. The van der Waals surface area contributed by atoms with Crippen molar-refractivity contribution in [2.75, 3.05) is 11.9 Å². The standard InChI is InChI=1S/C23H26N4O2/c1-3-24-23(26-16-19-7-4-6-17(2)14-19)25-15-18-9-11-20(12-10-18)27-22(28)21-8-5-13-29-21/h4-14H,3,15-16H2,1-2H3,(H,27,28)(H2,24,25,26). The molecule has 3 N–H and O–H groups in total. The van der Waals surface area contributed by atoms with E-state index in [0.717, 1.165) is 23.8 Å². The number of nitrogens with zero attached hydrogens (tertiary/aromatic N) is 1. The highest BCUT2D eigenvalue weighted by molar-refractivity contribution is 6.02. The second kappa shape index (κ2) is 10.1. The first kappa shape index (κ1) is 20.2. The van der Waals surface area contributed by atoms with E-state index < -0.39 is 0 Å². The van der Waals surface area contributed by atoms with Gasteiger partial charge in [-0.2, -0.15) is 0 Å². The predicted octanol–water partition coefficient (Wildman–Crippen LogP) is 4.10. The van der Waals surface area contributed by atoms with Crippen LogP contribution in [0.1, 0.15) is 34.2 Å². The Morgan fingerprint density at radius 2 is 1.83 bits per heavy atom. The van der Waals surface area contributed by atoms with Crippen molar-refractivity contribution < 1.29 is 9.21 Å². The van der Waals surface area contributed by atoms with Crippen molar-refractivity contribution in [2.45, 2.75) is 26.9 Å². The van der Waals surface area contributed by atoms with Crippen LogP contribution in [-0.4, -0.2) is 18.4 Å². The minimum Gasteiger partial charge on any atom is -0.459 e. The van der Waals surface area contributed by atoms with E-state index in [9.17, 15) is 4.79 Å². The summed E-state index contributed by atoms with van der Waals surface area (Å²) < 4.78 is 5.10. The van der Waals surface area contributed by atoms with Crippen molar-refractivity contribution in [3.05, 3.63) is 89.4 Å². The lowest BCUT2D eigenvalue weighted by Gasteiger charge is -2.12. The van der Waals surface area contributed by atoms with Crippen molar-refractivity contribution >= 4 is 17.6 Å². The lowest BCUT2D eigenvalue weighted by atomic mass is 10.1. The van der Waals surface area contributed by atoms with Crippen LogP contribution in [0.3, 0.4) is 0 Å². The van der Waals surface area contributed by atoms with Gasteiger partial charge in [-0.1, -0.05) is 42.0 Å². The number of rotatable bonds is 7. The van der Waals surface area contributed by atoms with E-state index in [1.54, 1.807) is 12.1 Å². The van der Waals surface area contributed by atoms with Gasteiger partial charge in [0.2, 0.25) is 0 Å². The van der Waals surface area contributed by atoms with E-state index in [1.807, 2.05) is 37.3 Å². The van der Waals surface area contributed by atoms with E-state index in [2.05, 4.69) is 46.1 Å². The fourth-order valence-electron chi connectivity index (χ4n) is 2.81. The average Bonchev–Trinajstić information content (AvgIpc) is 3.26. The van der Waals surface area contributed by atoms with Crippen LogP contribution in [0.5, 0.6) is 0 Å². The summed E-state index contributed by atoms with van der Waals surface area (Å²) in [6.07, 6.45) is 1.48. The number of guanidine groups is 1. The van der Waals surface area contributed by atoms with Crippen LogP contribution >= 0.6 is 0 Å². The maximum atomic E-state index is 12.0. The zero-order valence-electron chi connectivity index (χ0n) is 16.7. The molecule has 6 heteroatoms. The Hall–Kier alpha value is -3.54. The molecule has 29 heavy (non-hydrogen) atoms. The van der Waals surface area contributed by atoms with Crippen molar-refractivity contribution in [3.63, 3.8) is 0 Å². The summed E-state index contributed by atoms with van der Waals surface area (Å²) in [6, 6.07) is 19.3. The number of benzene rings is 2. The average molecular weight is 390 g/mol. The SMILES string of the molecule is CCNC(=NCc1cccc(C)c1)NCc1ccc(NC(=O)c2ccco2)cc1. The number of nitrogens with one attached hydrogen (secondary N) is 3. The quantitative estimate of drug-likeness (QED) is 0.419. The van der Waals surface area contributed by atoms with Crippen molar-refractivity contribution in [2.24, 2.45) is 4.99 Å². The van der Waals surface area contributed by atoms with Crippen LogP contribution < -0.4 is 16.0 Å². The number of anilines is 1. The van der Waals surface area contributed by atoms with E-state index >= 15 is 0 Å². The summed E-state index contributed by atoms with van der Waals surface area (Å²) in [5.74, 6) is 0.790. The molecule has 0 radical (unpaired) electrons. The third-order valence-corrected chi connectivity index (χ3v) is 4.26. The Balaban J connectivity index is 1.55. The number of carbonyl (C=O) groups is 1. The van der Waals surface area contributed by atoms with Crippen molar-refractivity contribution in [1.82, 2.24) is 10.6 Å². The summed E-state index contributed by atoms with van der Waals surface area (Å²) in [5, 5.41) is 9.41. The molecule has 0 aliphatic carbocycles. The number of aliphatic imine (C=N–C) groups is 1. The molecule has 150 valence electrons. The highest BCUT2D eigenvalue weighted by atomic mass is 16.3. The van der Waals surface area contributed by atoms with E-state index in [-0.39, 0.29) is 11.7 Å². The molecular weight excluding hydrogens is 364 g/mol. The smallest absolute Gasteiger partial charge is 0.291 e. The third-order valence-electron chi connectivity index (χ3n) is 4.26. The van der Waals surface area contributed by atoms with Gasteiger partial charge in [-0.05, 0) is 49.2 Å². The molecule has 0 spiro atoms. The van der Waals surface area contributed by atoms with Crippen LogP contribution in [-0.2, 0) is 13.1 Å². The van der Waals surface area contributed by atoms with Gasteiger partial charge in [0.25, 0.3) is 5.91 Å². The van der Waals surface area contributed by atoms with Crippen molar-refractivity contribution in [1.29, 1.82) is 0 Å². The lowest BCUT2D eigenvalue weighted by molar-refractivity contribution is 0.0996. The van der Waals surface area contributed by atoms with Crippen LogP contribution in [0.4, 0.5) is 5.69 Å². The Bertz CT molecular complexity index is 947. The van der Waals surface area contributed by atoms with Gasteiger partial charge in [-0.25, -0.2) is 4.99 Å². The van der Waals surface area contributed by atoms with Gasteiger partial charge < -0.3 is 20.4 Å². The van der Waals surface area contributed by atoms with E-state index in [0.29, 0.717) is 13.1 Å². The van der Waals surface area contributed by atoms with E-state index in [1.165, 1.54) is 17.4 Å². The molecule has 0 aliphatic heterocycles. The van der Waals surface area contributed by atoms with Gasteiger partial charge in [0.05, 0.1) is 12.8 Å². The fourth-order valence-corrected chi connectivity index (χ4v) is 2.81. The lowest BCUT2D eigenvalue weighted by Crippen LogP contribution is -2.36. The topological polar surface area (TPSA) is 78.7 Å². The molecule has 0 saturated carbocycles. The zero-order chi connectivity index (χ0) is 20.5. The molecule has 3 rings (SSSR count). The summed E-state index contributed by atoms with van der Waals surface area (Å²) in [7, 11) is 0.